The molecule has 0 saturated heterocycles. The second kappa shape index (κ2) is 10.6. The standard InChI is InChI=1S/C24H23N3OS.C2H2O4/c1-15-21(17-9-3-2-4-10-17)22-23(28)26-20(27-24(22)29-15)14-25-19-13-7-11-16-8-5-6-12-18(16)19;3-1(4)2(5)6/h2-6,8-10,12,19,25H,7,11,13-14H2,1H3,(H,26,27,28);(H,3,4)(H,5,6). The van der Waals surface area contributed by atoms with Crippen LogP contribution < -0.4 is 10.9 Å². The fourth-order valence-electron chi connectivity index (χ4n) is 4.39. The van der Waals surface area contributed by atoms with Crippen molar-refractivity contribution >= 4 is 33.5 Å². The fourth-order valence-corrected chi connectivity index (χ4v) is 5.45. The van der Waals surface area contributed by atoms with Crippen LogP contribution in [0.2, 0.25) is 0 Å². The Labute approximate surface area is 205 Å². The minimum absolute atomic E-state index is 0.0564. The number of carbonyl (C=O) groups is 2. The maximum Gasteiger partial charge on any atom is 0.414 e. The molecule has 5 rings (SSSR count). The van der Waals surface area contributed by atoms with Gasteiger partial charge in [-0.25, -0.2) is 14.6 Å². The summed E-state index contributed by atoms with van der Waals surface area (Å²) in [7, 11) is 0. The molecule has 35 heavy (non-hydrogen) atoms. The molecule has 0 fully saturated rings. The van der Waals surface area contributed by atoms with Crippen LogP contribution >= 0.6 is 11.3 Å². The van der Waals surface area contributed by atoms with Crippen molar-refractivity contribution in [2.75, 3.05) is 0 Å². The van der Waals surface area contributed by atoms with Gasteiger partial charge in [-0.3, -0.25) is 4.79 Å². The normalized spacial score (nSPS) is 14.6. The van der Waals surface area contributed by atoms with Crippen LogP contribution in [0.25, 0.3) is 21.3 Å². The molecule has 1 atom stereocenters. The minimum atomic E-state index is -1.82. The predicted octanol–water partition coefficient (Wildman–Crippen LogP) is 4.28. The van der Waals surface area contributed by atoms with Gasteiger partial charge in [0.1, 0.15) is 10.7 Å². The number of rotatable bonds is 4. The molecule has 1 aliphatic rings. The van der Waals surface area contributed by atoms with Crippen molar-refractivity contribution in [3.8, 4) is 11.1 Å². The molecule has 4 N–H and O–H groups in total. The van der Waals surface area contributed by atoms with Gasteiger partial charge in [0, 0.05) is 16.5 Å². The maximum absolute atomic E-state index is 12.9. The summed E-state index contributed by atoms with van der Waals surface area (Å²) in [6.07, 6.45) is 3.44. The molecule has 4 aromatic rings. The Bertz CT molecular complexity index is 1420. The van der Waals surface area contributed by atoms with Gasteiger partial charge in [-0.15, -0.1) is 11.3 Å². The number of carboxylic acid groups (broad SMARTS) is 2. The van der Waals surface area contributed by atoms with E-state index in [4.69, 9.17) is 24.8 Å². The summed E-state index contributed by atoms with van der Waals surface area (Å²) < 4.78 is 0. The lowest BCUT2D eigenvalue weighted by Crippen LogP contribution is -2.26. The van der Waals surface area contributed by atoms with Crippen LogP contribution in [0.3, 0.4) is 0 Å². The number of nitrogens with zero attached hydrogens (tertiary/aromatic N) is 1. The van der Waals surface area contributed by atoms with Crippen molar-refractivity contribution < 1.29 is 19.8 Å². The summed E-state index contributed by atoms with van der Waals surface area (Å²) in [6, 6.07) is 19.0. The van der Waals surface area contributed by atoms with E-state index >= 15 is 0 Å². The molecule has 9 heteroatoms. The minimum Gasteiger partial charge on any atom is -0.473 e. The third kappa shape index (κ3) is 5.47. The molecule has 0 saturated carbocycles. The number of carboxylic acids is 2. The zero-order valence-corrected chi connectivity index (χ0v) is 19.9. The third-order valence-corrected chi connectivity index (χ3v) is 6.92. The van der Waals surface area contributed by atoms with Crippen molar-refractivity contribution in [1.29, 1.82) is 0 Å². The van der Waals surface area contributed by atoms with Gasteiger partial charge in [0.25, 0.3) is 5.56 Å². The Morgan fingerprint density at radius 1 is 1.09 bits per heavy atom. The van der Waals surface area contributed by atoms with Crippen LogP contribution in [-0.2, 0) is 22.6 Å². The molecule has 2 aromatic carbocycles. The second-order valence-electron chi connectivity index (χ2n) is 8.23. The Hall–Kier alpha value is -3.82. The number of nitrogens with one attached hydrogen (secondary N) is 2. The fraction of sp³-hybridized carbons (Fsp3) is 0.231. The van der Waals surface area contributed by atoms with Crippen molar-refractivity contribution in [3.63, 3.8) is 0 Å². The number of H-pyrrole nitrogens is 1. The SMILES string of the molecule is Cc1sc2nc(CNC3CCCc4ccccc43)[nH]c(=O)c2c1-c1ccccc1.O=C(O)C(=O)O. The summed E-state index contributed by atoms with van der Waals surface area (Å²) in [4.78, 5) is 40.9. The van der Waals surface area contributed by atoms with Crippen LogP contribution in [0, 0.1) is 6.92 Å². The van der Waals surface area contributed by atoms with Gasteiger partial charge in [-0.1, -0.05) is 54.6 Å². The lowest BCUT2D eigenvalue weighted by atomic mass is 9.88. The molecule has 8 nitrogen and oxygen atoms in total. The summed E-state index contributed by atoms with van der Waals surface area (Å²) in [5, 5.41) is 19.1. The van der Waals surface area contributed by atoms with E-state index < -0.39 is 11.9 Å². The second-order valence-corrected chi connectivity index (χ2v) is 9.43. The Morgan fingerprint density at radius 2 is 1.77 bits per heavy atom. The molecule has 0 aliphatic heterocycles. The first-order chi connectivity index (χ1) is 16.8. The third-order valence-electron chi connectivity index (χ3n) is 5.92. The van der Waals surface area contributed by atoms with Crippen molar-refractivity contribution in [2.24, 2.45) is 0 Å². The summed E-state index contributed by atoms with van der Waals surface area (Å²) in [5.41, 5.74) is 4.81. The number of hydrogen-bond acceptors (Lipinski definition) is 6. The number of benzene rings is 2. The number of hydrogen-bond donors (Lipinski definition) is 4. The predicted molar refractivity (Wildman–Crippen MR) is 135 cm³/mol. The van der Waals surface area contributed by atoms with Crippen LogP contribution in [0.15, 0.2) is 59.4 Å². The summed E-state index contributed by atoms with van der Waals surface area (Å²) in [5.74, 6) is -2.95. The monoisotopic (exact) mass is 491 g/mol. The highest BCUT2D eigenvalue weighted by Gasteiger charge is 2.20. The maximum atomic E-state index is 12.9. The quantitative estimate of drug-likeness (QED) is 0.313. The topological polar surface area (TPSA) is 132 Å². The number of aromatic nitrogens is 2. The van der Waals surface area contributed by atoms with Gasteiger partial charge in [0.15, 0.2) is 0 Å². The summed E-state index contributed by atoms with van der Waals surface area (Å²) in [6.45, 7) is 2.62. The van der Waals surface area contributed by atoms with Gasteiger partial charge < -0.3 is 20.5 Å². The number of fused-ring (bicyclic) bond motifs is 2. The van der Waals surface area contributed by atoms with E-state index in [9.17, 15) is 4.79 Å². The highest BCUT2D eigenvalue weighted by Crippen LogP contribution is 2.35. The number of aromatic amines is 1. The number of aliphatic carboxylic acids is 2. The molecule has 2 heterocycles. The number of aryl methyl sites for hydroxylation is 2. The number of thiophene rings is 1. The molecule has 0 bridgehead atoms. The van der Waals surface area contributed by atoms with E-state index in [1.165, 1.54) is 17.5 Å². The van der Waals surface area contributed by atoms with E-state index in [1.54, 1.807) is 11.3 Å². The molecule has 180 valence electrons. The zero-order chi connectivity index (χ0) is 24.9. The van der Waals surface area contributed by atoms with Gasteiger partial charge >= 0.3 is 11.9 Å². The van der Waals surface area contributed by atoms with E-state index in [2.05, 4.69) is 41.5 Å². The highest BCUT2D eigenvalue weighted by atomic mass is 32.1. The molecule has 0 spiro atoms. The van der Waals surface area contributed by atoms with Gasteiger partial charge in [0.2, 0.25) is 0 Å². The van der Waals surface area contributed by atoms with Gasteiger partial charge in [0.05, 0.1) is 11.9 Å². The zero-order valence-electron chi connectivity index (χ0n) is 19.1. The van der Waals surface area contributed by atoms with Crippen LogP contribution in [0.1, 0.15) is 40.7 Å². The Balaban J connectivity index is 0.000000431. The molecular formula is C26H25N3O5S. The molecule has 1 aliphatic carbocycles. The van der Waals surface area contributed by atoms with Crippen LogP contribution in [0.5, 0.6) is 0 Å². The molecular weight excluding hydrogens is 466 g/mol. The first-order valence-electron chi connectivity index (χ1n) is 11.2. The first kappa shape index (κ1) is 24.3. The average Bonchev–Trinajstić information content (AvgIpc) is 3.19. The first-order valence-corrected chi connectivity index (χ1v) is 12.0. The van der Waals surface area contributed by atoms with Crippen LogP contribution in [-0.4, -0.2) is 32.1 Å². The van der Waals surface area contributed by atoms with Crippen LogP contribution in [0.4, 0.5) is 0 Å². The van der Waals surface area contributed by atoms with Gasteiger partial charge in [-0.05, 0) is 42.9 Å². The highest BCUT2D eigenvalue weighted by molar-refractivity contribution is 7.19. The average molecular weight is 492 g/mol. The molecule has 1 unspecified atom stereocenters. The van der Waals surface area contributed by atoms with Crippen molar-refractivity contribution in [2.45, 2.75) is 38.8 Å². The van der Waals surface area contributed by atoms with E-state index in [0.717, 1.165) is 33.7 Å². The Kier molecular flexibility index (Phi) is 7.38. The lowest BCUT2D eigenvalue weighted by molar-refractivity contribution is -0.159. The van der Waals surface area contributed by atoms with E-state index in [-0.39, 0.29) is 5.56 Å². The molecule has 0 radical (unpaired) electrons. The largest absolute Gasteiger partial charge is 0.473 e. The Morgan fingerprint density at radius 3 is 2.49 bits per heavy atom. The van der Waals surface area contributed by atoms with Gasteiger partial charge in [-0.2, -0.15) is 0 Å². The van der Waals surface area contributed by atoms with E-state index in [0.29, 0.717) is 23.8 Å². The molecule has 2 aromatic heterocycles. The summed E-state index contributed by atoms with van der Waals surface area (Å²) >= 11 is 1.59. The van der Waals surface area contributed by atoms with E-state index in [1.807, 2.05) is 30.3 Å². The smallest absolute Gasteiger partial charge is 0.414 e. The lowest BCUT2D eigenvalue weighted by Gasteiger charge is -2.26. The molecule has 0 amide bonds. The van der Waals surface area contributed by atoms with Crippen molar-refractivity contribution in [3.05, 3.63) is 86.8 Å². The van der Waals surface area contributed by atoms with Crippen molar-refractivity contribution in [1.82, 2.24) is 15.3 Å².